The van der Waals surface area contributed by atoms with Gasteiger partial charge in [-0.1, -0.05) is 13.0 Å². The monoisotopic (exact) mass is 408 g/mol. The van der Waals surface area contributed by atoms with Crippen LogP contribution in [0.3, 0.4) is 0 Å². The fraction of sp³-hybridized carbons (Fsp3) is 0.435. The number of aliphatic hydroxyl groups is 1. The summed E-state index contributed by atoms with van der Waals surface area (Å²) in [4.78, 5) is 11.9. The van der Waals surface area contributed by atoms with Gasteiger partial charge in [-0.25, -0.2) is 14.4 Å². The SMILES string of the molecule is CC1=C2C(=[N+]1CCO)CN(C)Cc1ccc(F)cc1C(C)C1CNc3ncc2nc31. The van der Waals surface area contributed by atoms with Gasteiger partial charge in [-0.2, -0.15) is 4.58 Å². The van der Waals surface area contributed by atoms with Gasteiger partial charge in [-0.3, -0.25) is 4.90 Å². The Morgan fingerprint density at radius 3 is 2.97 bits per heavy atom. The lowest BCUT2D eigenvalue weighted by atomic mass is 9.83. The highest BCUT2D eigenvalue weighted by atomic mass is 19.1. The summed E-state index contributed by atoms with van der Waals surface area (Å²) < 4.78 is 16.4. The Hall–Kier alpha value is -2.64. The lowest BCUT2D eigenvalue weighted by Gasteiger charge is -2.28. The maximum atomic E-state index is 14.2. The zero-order valence-electron chi connectivity index (χ0n) is 17.6. The summed E-state index contributed by atoms with van der Waals surface area (Å²) >= 11 is 0. The molecule has 5 rings (SSSR count). The highest BCUT2D eigenvalue weighted by Crippen LogP contribution is 2.41. The van der Waals surface area contributed by atoms with Gasteiger partial charge in [0.2, 0.25) is 5.71 Å². The van der Waals surface area contributed by atoms with Crippen molar-refractivity contribution >= 4 is 17.1 Å². The second kappa shape index (κ2) is 7.25. The van der Waals surface area contributed by atoms with Crippen LogP contribution in [0, 0.1) is 5.82 Å². The summed E-state index contributed by atoms with van der Waals surface area (Å²) in [6, 6.07) is 5.14. The van der Waals surface area contributed by atoms with Crippen LogP contribution in [0.1, 0.15) is 48.2 Å². The van der Waals surface area contributed by atoms with Gasteiger partial charge in [0.25, 0.3) is 0 Å². The standard InChI is InChI=1S/C23H27FN5O/c1-13-17-8-16(24)5-4-15(17)11-28(3)12-20-21(14(2)29(20)6-7-30)19-10-26-23-22(27-19)18(13)9-25-23/h4-5,8,10,13,18,30H,6-7,9,11-12H2,1-3H3,(H,25,26)/q+1. The molecule has 7 heteroatoms. The number of nitrogens with one attached hydrogen (secondary N) is 1. The molecule has 1 aromatic carbocycles. The summed E-state index contributed by atoms with van der Waals surface area (Å²) in [5, 5.41) is 12.9. The summed E-state index contributed by atoms with van der Waals surface area (Å²) in [6.07, 6.45) is 1.84. The number of benzene rings is 1. The smallest absolute Gasteiger partial charge is 0.211 e. The van der Waals surface area contributed by atoms with Crippen LogP contribution in [0.15, 0.2) is 30.1 Å². The molecule has 0 saturated heterocycles. The predicted octanol–water partition coefficient (Wildman–Crippen LogP) is 2.56. The van der Waals surface area contributed by atoms with Crippen molar-refractivity contribution in [1.29, 1.82) is 0 Å². The van der Waals surface area contributed by atoms with Gasteiger partial charge in [-0.05, 0) is 36.2 Å². The van der Waals surface area contributed by atoms with Gasteiger partial charge in [-0.15, -0.1) is 0 Å². The van der Waals surface area contributed by atoms with Crippen LogP contribution in [0.4, 0.5) is 10.2 Å². The highest BCUT2D eigenvalue weighted by molar-refractivity contribution is 6.25. The molecule has 2 atom stereocenters. The minimum Gasteiger partial charge on any atom is -0.390 e. The number of hydrogen-bond acceptors (Lipinski definition) is 5. The molecule has 156 valence electrons. The van der Waals surface area contributed by atoms with Crippen LogP contribution < -0.4 is 5.32 Å². The van der Waals surface area contributed by atoms with Crippen molar-refractivity contribution in [2.24, 2.45) is 0 Å². The Morgan fingerprint density at radius 1 is 1.33 bits per heavy atom. The lowest BCUT2D eigenvalue weighted by Crippen LogP contribution is -2.41. The van der Waals surface area contributed by atoms with Crippen molar-refractivity contribution in [2.75, 3.05) is 38.6 Å². The molecule has 30 heavy (non-hydrogen) atoms. The topological polar surface area (TPSA) is 64.3 Å². The Balaban J connectivity index is 1.68. The van der Waals surface area contributed by atoms with E-state index in [1.165, 1.54) is 0 Å². The summed E-state index contributed by atoms with van der Waals surface area (Å²) in [6.45, 7) is 7.10. The third-order valence-electron chi connectivity index (χ3n) is 6.66. The molecule has 0 fully saturated rings. The van der Waals surface area contributed by atoms with E-state index >= 15 is 0 Å². The zero-order valence-corrected chi connectivity index (χ0v) is 17.6. The Labute approximate surface area is 175 Å². The van der Waals surface area contributed by atoms with E-state index in [9.17, 15) is 9.50 Å². The molecule has 3 aliphatic heterocycles. The molecule has 2 N–H and O–H groups in total. The molecule has 0 radical (unpaired) electrons. The molecule has 1 aromatic heterocycles. The quantitative estimate of drug-likeness (QED) is 0.748. The van der Waals surface area contributed by atoms with Crippen LogP contribution in [0.2, 0.25) is 0 Å². The second-order valence-corrected chi connectivity index (χ2v) is 8.56. The van der Waals surface area contributed by atoms with Gasteiger partial charge in [0.1, 0.15) is 29.5 Å². The molecule has 2 bridgehead atoms. The summed E-state index contributed by atoms with van der Waals surface area (Å²) in [5.41, 5.74) is 7.42. The predicted molar refractivity (Wildman–Crippen MR) is 114 cm³/mol. The van der Waals surface area contributed by atoms with Crippen molar-refractivity contribution in [1.82, 2.24) is 14.9 Å². The van der Waals surface area contributed by atoms with Crippen molar-refractivity contribution in [3.8, 4) is 0 Å². The molecular formula is C23H27FN5O+. The van der Waals surface area contributed by atoms with Gasteiger partial charge in [0.05, 0.1) is 18.4 Å². The van der Waals surface area contributed by atoms with Crippen LogP contribution in [-0.2, 0) is 6.54 Å². The van der Waals surface area contributed by atoms with Crippen molar-refractivity contribution in [3.05, 3.63) is 58.4 Å². The summed E-state index contributed by atoms with van der Waals surface area (Å²) in [7, 11) is 2.08. The van der Waals surface area contributed by atoms with E-state index in [1.807, 2.05) is 12.3 Å². The molecule has 4 heterocycles. The van der Waals surface area contributed by atoms with E-state index in [1.54, 1.807) is 12.1 Å². The number of allylic oxidation sites excluding steroid dienone is 1. The molecule has 0 saturated carbocycles. The molecule has 6 nitrogen and oxygen atoms in total. The van der Waals surface area contributed by atoms with Gasteiger partial charge >= 0.3 is 0 Å². The number of rotatable bonds is 2. The first-order valence-corrected chi connectivity index (χ1v) is 10.5. The molecule has 0 amide bonds. The normalized spacial score (nSPS) is 23.2. The minimum absolute atomic E-state index is 0.0965. The first-order valence-electron chi connectivity index (χ1n) is 10.5. The summed E-state index contributed by atoms with van der Waals surface area (Å²) in [5.74, 6) is 0.877. The Kier molecular flexibility index (Phi) is 4.67. The lowest BCUT2D eigenvalue weighted by molar-refractivity contribution is -0.488. The highest BCUT2D eigenvalue weighted by Gasteiger charge is 2.40. The largest absolute Gasteiger partial charge is 0.390 e. The average molecular weight is 409 g/mol. The van der Waals surface area contributed by atoms with E-state index < -0.39 is 0 Å². The second-order valence-electron chi connectivity index (χ2n) is 8.56. The number of hydrogen-bond donors (Lipinski definition) is 2. The van der Waals surface area contributed by atoms with E-state index in [4.69, 9.17) is 4.98 Å². The average Bonchev–Trinajstić information content (AvgIpc) is 3.15. The minimum atomic E-state index is -0.204. The Bertz CT molecular complexity index is 1090. The number of aliphatic hydroxyl groups excluding tert-OH is 1. The maximum Gasteiger partial charge on any atom is 0.211 e. The first kappa shape index (κ1) is 19.3. The molecule has 2 unspecified atom stereocenters. The number of anilines is 1. The molecule has 3 aliphatic rings. The van der Waals surface area contributed by atoms with E-state index in [-0.39, 0.29) is 24.3 Å². The number of nitrogens with zero attached hydrogens (tertiary/aromatic N) is 4. The van der Waals surface area contributed by atoms with E-state index in [2.05, 4.69) is 40.7 Å². The molecule has 2 aromatic rings. The van der Waals surface area contributed by atoms with Gasteiger partial charge in [0.15, 0.2) is 12.2 Å². The third-order valence-corrected chi connectivity index (χ3v) is 6.66. The van der Waals surface area contributed by atoms with Crippen LogP contribution in [0.5, 0.6) is 0 Å². The molecular weight excluding hydrogens is 381 g/mol. The number of β-amino-alcohol motifs (C(OH)–C–C–N with tert-alkyl or cyclic N) is 1. The maximum absolute atomic E-state index is 14.2. The third kappa shape index (κ3) is 2.96. The number of fused-ring (bicyclic) bond motifs is 4. The number of aromatic nitrogens is 2. The Morgan fingerprint density at radius 2 is 2.17 bits per heavy atom. The number of halogens is 1. The molecule has 0 aliphatic carbocycles. The van der Waals surface area contributed by atoms with E-state index in [0.717, 1.165) is 64.9 Å². The molecule has 0 spiro atoms. The van der Waals surface area contributed by atoms with Gasteiger partial charge < -0.3 is 10.4 Å². The van der Waals surface area contributed by atoms with Crippen molar-refractivity contribution in [3.63, 3.8) is 0 Å². The fourth-order valence-electron chi connectivity index (χ4n) is 5.12. The van der Waals surface area contributed by atoms with Crippen molar-refractivity contribution < 1.29 is 14.1 Å². The van der Waals surface area contributed by atoms with Crippen LogP contribution in [-0.4, -0.2) is 63.6 Å². The first-order chi connectivity index (χ1) is 14.5. The zero-order chi connectivity index (χ0) is 21.0. The fourth-order valence-corrected chi connectivity index (χ4v) is 5.12. The van der Waals surface area contributed by atoms with E-state index in [0.29, 0.717) is 6.54 Å². The van der Waals surface area contributed by atoms with Crippen LogP contribution in [0.25, 0.3) is 5.57 Å². The van der Waals surface area contributed by atoms with Gasteiger partial charge in [0, 0.05) is 25.9 Å². The van der Waals surface area contributed by atoms with Crippen molar-refractivity contribution in [2.45, 2.75) is 32.2 Å². The van der Waals surface area contributed by atoms with Crippen LogP contribution >= 0.6 is 0 Å².